The lowest BCUT2D eigenvalue weighted by Crippen LogP contribution is -2.09. The third-order valence-electron chi connectivity index (χ3n) is 5.35. The van der Waals surface area contributed by atoms with Crippen LogP contribution in [0.15, 0.2) is 36.4 Å². The van der Waals surface area contributed by atoms with Gasteiger partial charge in [0, 0.05) is 6.42 Å². The molecule has 0 unspecified atom stereocenters. The zero-order valence-corrected chi connectivity index (χ0v) is 15.1. The summed E-state index contributed by atoms with van der Waals surface area (Å²) in [6, 6.07) is 11.3. The van der Waals surface area contributed by atoms with Gasteiger partial charge >= 0.3 is 5.97 Å². The second kappa shape index (κ2) is 7.39. The topological polar surface area (TPSA) is 88.2 Å². The van der Waals surface area contributed by atoms with E-state index in [4.69, 9.17) is 5.11 Å². The van der Waals surface area contributed by atoms with Crippen molar-refractivity contribution in [3.05, 3.63) is 47.5 Å². The molecule has 0 atom stereocenters. The second-order valence-corrected chi connectivity index (χ2v) is 7.26. The van der Waals surface area contributed by atoms with Crippen LogP contribution in [0.2, 0.25) is 0 Å². The minimum Gasteiger partial charge on any atom is -0.505 e. The van der Waals surface area contributed by atoms with E-state index in [0.29, 0.717) is 18.0 Å². The van der Waals surface area contributed by atoms with Crippen LogP contribution in [0.1, 0.15) is 55.6 Å². The third-order valence-corrected chi connectivity index (χ3v) is 5.35. The molecule has 1 aromatic heterocycles. The van der Waals surface area contributed by atoms with Gasteiger partial charge in [-0.3, -0.25) is 4.79 Å². The highest BCUT2D eigenvalue weighted by Crippen LogP contribution is 2.40. The largest absolute Gasteiger partial charge is 0.505 e. The van der Waals surface area contributed by atoms with Crippen LogP contribution in [-0.4, -0.2) is 31.2 Å². The first-order valence-corrected chi connectivity index (χ1v) is 9.52. The molecule has 1 fully saturated rings. The number of phenolic OH excluding ortho intramolecular Hbond substituents is 1. The molecule has 1 aliphatic rings. The van der Waals surface area contributed by atoms with E-state index in [1.54, 1.807) is 0 Å². The smallest absolute Gasteiger partial charge is 0.303 e. The molecule has 27 heavy (non-hydrogen) atoms. The van der Waals surface area contributed by atoms with Crippen LogP contribution in [0.4, 0.5) is 0 Å². The summed E-state index contributed by atoms with van der Waals surface area (Å²) < 4.78 is 0. The molecular weight excluding hydrogens is 342 g/mol. The van der Waals surface area contributed by atoms with Gasteiger partial charge in [0.15, 0.2) is 0 Å². The summed E-state index contributed by atoms with van der Waals surface area (Å²) in [5.74, 6) is -0.319. The molecule has 2 aromatic carbocycles. The maximum absolute atomic E-state index is 11.0. The lowest BCUT2D eigenvalue weighted by Gasteiger charge is -2.24. The van der Waals surface area contributed by atoms with Crippen LogP contribution in [0.5, 0.6) is 5.75 Å². The Hall–Kier alpha value is -2.89. The molecular formula is C21H23N3O3. The van der Waals surface area contributed by atoms with E-state index in [1.807, 2.05) is 36.4 Å². The Morgan fingerprint density at radius 1 is 1.07 bits per heavy atom. The molecule has 0 bridgehead atoms. The summed E-state index contributed by atoms with van der Waals surface area (Å²) >= 11 is 0. The third kappa shape index (κ3) is 3.65. The first kappa shape index (κ1) is 17.5. The number of carboxylic acid groups (broad SMARTS) is 1. The second-order valence-electron chi connectivity index (χ2n) is 7.26. The molecule has 0 radical (unpaired) electrons. The van der Waals surface area contributed by atoms with Gasteiger partial charge in [0.05, 0.1) is 0 Å². The molecule has 1 saturated carbocycles. The van der Waals surface area contributed by atoms with Gasteiger partial charge in [0.1, 0.15) is 22.5 Å². The Morgan fingerprint density at radius 2 is 1.74 bits per heavy atom. The van der Waals surface area contributed by atoms with Gasteiger partial charge in [-0.1, -0.05) is 37.5 Å². The highest BCUT2D eigenvalue weighted by Gasteiger charge is 2.23. The molecule has 2 N–H and O–H groups in total. The zero-order chi connectivity index (χ0) is 18.8. The standard InChI is InChI=1S/C21H23N3O3/c25-20(26)11-10-14-12-16(15-6-2-1-3-7-15)21(27)19(13-14)24-22-17-8-4-5-9-18(17)23-24/h4-5,8-9,12-13,15,27H,1-3,6-7,10-11H2,(H,25,26). The molecule has 0 aliphatic heterocycles. The monoisotopic (exact) mass is 365 g/mol. The highest BCUT2D eigenvalue weighted by molar-refractivity contribution is 5.74. The summed E-state index contributed by atoms with van der Waals surface area (Å²) in [5.41, 5.74) is 3.83. The molecule has 0 saturated heterocycles. The van der Waals surface area contributed by atoms with E-state index in [1.165, 1.54) is 11.2 Å². The van der Waals surface area contributed by atoms with E-state index in [2.05, 4.69) is 10.2 Å². The first-order valence-electron chi connectivity index (χ1n) is 9.52. The average molecular weight is 365 g/mol. The van der Waals surface area contributed by atoms with E-state index in [0.717, 1.165) is 47.8 Å². The van der Waals surface area contributed by atoms with Crippen molar-refractivity contribution in [1.82, 2.24) is 15.0 Å². The number of nitrogens with zero attached hydrogens (tertiary/aromatic N) is 3. The van der Waals surface area contributed by atoms with Crippen molar-refractivity contribution < 1.29 is 15.0 Å². The van der Waals surface area contributed by atoms with E-state index in [-0.39, 0.29) is 12.2 Å². The fourth-order valence-corrected chi connectivity index (χ4v) is 3.94. The summed E-state index contributed by atoms with van der Waals surface area (Å²) in [6.07, 6.45) is 6.11. The Balaban J connectivity index is 1.80. The number of hydrogen-bond acceptors (Lipinski definition) is 4. The first-order chi connectivity index (χ1) is 13.1. The molecule has 4 rings (SSSR count). The maximum Gasteiger partial charge on any atom is 0.303 e. The molecule has 6 heteroatoms. The van der Waals surface area contributed by atoms with Crippen molar-refractivity contribution in [2.24, 2.45) is 0 Å². The molecule has 1 heterocycles. The Bertz CT molecular complexity index is 941. The van der Waals surface area contributed by atoms with E-state index < -0.39 is 5.97 Å². The number of hydrogen-bond donors (Lipinski definition) is 2. The van der Waals surface area contributed by atoms with Crippen LogP contribution < -0.4 is 0 Å². The molecule has 1 aliphatic carbocycles. The molecule has 3 aromatic rings. The van der Waals surface area contributed by atoms with Crippen LogP contribution in [0.25, 0.3) is 16.7 Å². The Morgan fingerprint density at radius 3 is 2.37 bits per heavy atom. The van der Waals surface area contributed by atoms with Crippen LogP contribution in [-0.2, 0) is 11.2 Å². The summed E-state index contributed by atoms with van der Waals surface area (Å²) in [6.45, 7) is 0. The SMILES string of the molecule is O=C(O)CCc1cc(C2CCCCC2)c(O)c(-n2nc3ccccc3n2)c1. The molecule has 140 valence electrons. The van der Waals surface area contributed by atoms with Crippen molar-refractivity contribution in [3.8, 4) is 11.4 Å². The number of aryl methyl sites for hydroxylation is 1. The highest BCUT2D eigenvalue weighted by atomic mass is 16.4. The number of phenols is 1. The zero-order valence-electron chi connectivity index (χ0n) is 15.1. The van der Waals surface area contributed by atoms with Gasteiger partial charge in [-0.2, -0.15) is 0 Å². The van der Waals surface area contributed by atoms with Gasteiger partial charge in [0.25, 0.3) is 0 Å². The van der Waals surface area contributed by atoms with E-state index >= 15 is 0 Å². The Labute approximate surface area is 157 Å². The van der Waals surface area contributed by atoms with Crippen LogP contribution in [0, 0.1) is 0 Å². The lowest BCUT2D eigenvalue weighted by molar-refractivity contribution is -0.136. The van der Waals surface area contributed by atoms with Gasteiger partial charge < -0.3 is 10.2 Å². The number of rotatable bonds is 5. The lowest BCUT2D eigenvalue weighted by atomic mass is 9.82. The van der Waals surface area contributed by atoms with Crippen molar-refractivity contribution in [2.75, 3.05) is 0 Å². The fraction of sp³-hybridized carbons (Fsp3) is 0.381. The minimum absolute atomic E-state index is 0.0584. The molecule has 6 nitrogen and oxygen atoms in total. The van der Waals surface area contributed by atoms with Gasteiger partial charge in [-0.05, 0) is 54.5 Å². The van der Waals surface area contributed by atoms with Crippen molar-refractivity contribution >= 4 is 17.0 Å². The summed E-state index contributed by atoms with van der Waals surface area (Å²) in [4.78, 5) is 12.5. The fourth-order valence-electron chi connectivity index (χ4n) is 3.94. The number of carbonyl (C=O) groups is 1. The van der Waals surface area contributed by atoms with Crippen molar-refractivity contribution in [2.45, 2.75) is 50.9 Å². The van der Waals surface area contributed by atoms with Gasteiger partial charge in [-0.25, -0.2) is 0 Å². The number of fused-ring (bicyclic) bond motifs is 1. The predicted molar refractivity (Wildman–Crippen MR) is 102 cm³/mol. The number of benzene rings is 2. The van der Waals surface area contributed by atoms with Gasteiger partial charge in [-0.15, -0.1) is 15.0 Å². The predicted octanol–water partition coefficient (Wildman–Crippen LogP) is 4.19. The minimum atomic E-state index is -0.827. The number of aliphatic carboxylic acids is 1. The molecule has 0 amide bonds. The average Bonchev–Trinajstić information content (AvgIpc) is 3.11. The van der Waals surface area contributed by atoms with Crippen molar-refractivity contribution in [1.29, 1.82) is 0 Å². The molecule has 0 spiro atoms. The van der Waals surface area contributed by atoms with Crippen LogP contribution in [0.3, 0.4) is 0 Å². The van der Waals surface area contributed by atoms with Gasteiger partial charge in [0.2, 0.25) is 0 Å². The quantitative estimate of drug-likeness (QED) is 0.708. The van der Waals surface area contributed by atoms with Crippen molar-refractivity contribution in [3.63, 3.8) is 0 Å². The van der Waals surface area contributed by atoms with E-state index in [9.17, 15) is 9.90 Å². The number of carboxylic acids is 1. The normalized spacial score (nSPS) is 15.3. The maximum atomic E-state index is 11.0. The number of aromatic nitrogens is 3. The Kier molecular flexibility index (Phi) is 4.79. The van der Waals surface area contributed by atoms with Crippen LogP contribution >= 0.6 is 0 Å². The number of aromatic hydroxyl groups is 1. The summed E-state index contributed by atoms with van der Waals surface area (Å²) in [5, 5.41) is 29.0. The summed E-state index contributed by atoms with van der Waals surface area (Å²) in [7, 11) is 0.